The Morgan fingerprint density at radius 1 is 1.06 bits per heavy atom. The number of hydrogen-bond donors (Lipinski definition) is 2. The minimum atomic E-state index is -3.75. The van der Waals surface area contributed by atoms with Gasteiger partial charge in [-0.3, -0.25) is 14.5 Å². The molecule has 9 heteroatoms. The third-order valence-electron chi connectivity index (χ3n) is 6.87. The number of rotatable bonds is 6. The number of fused-ring (bicyclic) bond motifs is 2. The fourth-order valence-corrected chi connectivity index (χ4v) is 6.47. The summed E-state index contributed by atoms with van der Waals surface area (Å²) < 4.78 is 34.1. The number of anilines is 1. The van der Waals surface area contributed by atoms with Crippen LogP contribution in [0.1, 0.15) is 55.7 Å². The molecular weight excluding hydrogens is 454 g/mol. The second-order valence-corrected chi connectivity index (χ2v) is 10.9. The predicted molar refractivity (Wildman–Crippen MR) is 127 cm³/mol. The molecule has 2 amide bonds. The first-order valence-electron chi connectivity index (χ1n) is 11.9. The largest absolute Gasteiger partial charge is 0.482 e. The Bertz CT molecular complexity index is 1210. The monoisotopic (exact) mass is 483 g/mol. The number of nitrogens with zero attached hydrogens (tertiary/aromatic N) is 1. The fourth-order valence-electron chi connectivity index (χ4n) is 5.14. The maximum Gasteiger partial charge on any atom is 0.265 e. The highest BCUT2D eigenvalue weighted by atomic mass is 32.2. The maximum atomic E-state index is 13.0. The van der Waals surface area contributed by atoms with Crippen LogP contribution < -0.4 is 19.7 Å². The lowest BCUT2D eigenvalue weighted by Crippen LogP contribution is -2.46. The molecule has 0 saturated heterocycles. The number of sulfonamides is 1. The van der Waals surface area contributed by atoms with Gasteiger partial charge in [-0.15, -0.1) is 0 Å². The van der Waals surface area contributed by atoms with E-state index in [1.54, 1.807) is 6.07 Å². The lowest BCUT2D eigenvalue weighted by atomic mass is 9.88. The Labute approximate surface area is 199 Å². The molecule has 0 bridgehead atoms. The molecule has 2 aliphatic carbocycles. The molecule has 1 unspecified atom stereocenters. The molecule has 1 atom stereocenters. The van der Waals surface area contributed by atoms with E-state index in [0.29, 0.717) is 11.4 Å². The van der Waals surface area contributed by atoms with Crippen LogP contribution >= 0.6 is 0 Å². The lowest BCUT2D eigenvalue weighted by Gasteiger charge is -2.31. The summed E-state index contributed by atoms with van der Waals surface area (Å²) in [7, 11) is -3.75. The Morgan fingerprint density at radius 3 is 2.68 bits per heavy atom. The summed E-state index contributed by atoms with van der Waals surface area (Å²) in [4.78, 5) is 27.0. The van der Waals surface area contributed by atoms with E-state index < -0.39 is 10.0 Å². The van der Waals surface area contributed by atoms with Crippen LogP contribution in [-0.4, -0.2) is 39.4 Å². The van der Waals surface area contributed by atoms with Gasteiger partial charge in [-0.05, 0) is 61.4 Å². The van der Waals surface area contributed by atoms with Crippen LogP contribution in [0.15, 0.2) is 47.4 Å². The van der Waals surface area contributed by atoms with Gasteiger partial charge in [0.25, 0.3) is 5.91 Å². The van der Waals surface area contributed by atoms with Crippen molar-refractivity contribution in [2.75, 3.05) is 18.1 Å². The number of carbonyl (C=O) groups excluding carboxylic acids is 2. The highest BCUT2D eigenvalue weighted by Crippen LogP contribution is 2.35. The van der Waals surface area contributed by atoms with Gasteiger partial charge in [0.05, 0.1) is 16.6 Å². The van der Waals surface area contributed by atoms with E-state index in [1.165, 1.54) is 22.6 Å². The first-order valence-corrected chi connectivity index (χ1v) is 13.4. The van der Waals surface area contributed by atoms with Crippen LogP contribution in [0, 0.1) is 0 Å². The normalized spacial score (nSPS) is 20.4. The highest BCUT2D eigenvalue weighted by Gasteiger charge is 2.31. The Hall–Kier alpha value is -2.91. The Morgan fingerprint density at radius 2 is 1.85 bits per heavy atom. The molecule has 0 radical (unpaired) electrons. The summed E-state index contributed by atoms with van der Waals surface area (Å²) in [5.41, 5.74) is 2.64. The topological polar surface area (TPSA) is 105 Å². The van der Waals surface area contributed by atoms with Crippen molar-refractivity contribution in [3.05, 3.63) is 53.6 Å². The third-order valence-corrected chi connectivity index (χ3v) is 8.39. The minimum absolute atomic E-state index is 0.0584. The van der Waals surface area contributed by atoms with Crippen molar-refractivity contribution >= 4 is 27.5 Å². The van der Waals surface area contributed by atoms with Crippen LogP contribution in [0.25, 0.3) is 0 Å². The molecular formula is C25H29N3O5S. The summed E-state index contributed by atoms with van der Waals surface area (Å²) >= 11 is 0. The quantitative estimate of drug-likeness (QED) is 0.658. The molecule has 0 aromatic heterocycles. The van der Waals surface area contributed by atoms with Gasteiger partial charge in [0.2, 0.25) is 15.9 Å². The van der Waals surface area contributed by atoms with Crippen molar-refractivity contribution in [3.63, 3.8) is 0 Å². The second kappa shape index (κ2) is 9.38. The average Bonchev–Trinajstić information content (AvgIpc) is 3.33. The van der Waals surface area contributed by atoms with Crippen LogP contribution in [-0.2, 0) is 26.0 Å². The van der Waals surface area contributed by atoms with E-state index in [0.717, 1.165) is 50.5 Å². The van der Waals surface area contributed by atoms with E-state index in [2.05, 4.69) is 16.1 Å². The van der Waals surface area contributed by atoms with E-state index in [9.17, 15) is 18.0 Å². The van der Waals surface area contributed by atoms with Crippen molar-refractivity contribution in [2.45, 2.75) is 61.9 Å². The van der Waals surface area contributed by atoms with E-state index in [4.69, 9.17) is 4.74 Å². The fraction of sp³-hybridized carbons (Fsp3) is 0.440. The standard InChI is InChI=1S/C25H29N3O5S/c29-24(26-21-11-5-7-17-6-1-4-10-20(17)21)15-28-22-14-19(12-13-23(22)33-16-25(28)30)34(31,32)27-18-8-2-3-9-18/h1,4,6,10,12-14,18,21,27H,2-3,5,7-9,11,15-16H2,(H,26,29). The van der Waals surface area contributed by atoms with Crippen molar-refractivity contribution in [1.82, 2.24) is 10.0 Å². The zero-order valence-corrected chi connectivity index (χ0v) is 19.8. The van der Waals surface area contributed by atoms with E-state index >= 15 is 0 Å². The number of amides is 2. The summed E-state index contributed by atoms with van der Waals surface area (Å²) in [5.74, 6) is -0.291. The molecule has 0 spiro atoms. The summed E-state index contributed by atoms with van der Waals surface area (Å²) in [6, 6.07) is 12.4. The molecule has 180 valence electrons. The summed E-state index contributed by atoms with van der Waals surface area (Å²) in [6.45, 7) is -0.396. The maximum absolute atomic E-state index is 13.0. The molecule has 5 rings (SSSR count). The van der Waals surface area contributed by atoms with Crippen molar-refractivity contribution in [1.29, 1.82) is 0 Å². The van der Waals surface area contributed by atoms with Gasteiger partial charge in [-0.2, -0.15) is 0 Å². The highest BCUT2D eigenvalue weighted by molar-refractivity contribution is 7.89. The average molecular weight is 484 g/mol. The van der Waals surface area contributed by atoms with Crippen LogP contribution in [0.5, 0.6) is 5.75 Å². The van der Waals surface area contributed by atoms with Crippen LogP contribution in [0.2, 0.25) is 0 Å². The van der Waals surface area contributed by atoms with Gasteiger partial charge < -0.3 is 10.1 Å². The molecule has 1 saturated carbocycles. The number of nitrogens with one attached hydrogen (secondary N) is 2. The molecule has 2 aromatic rings. The van der Waals surface area contributed by atoms with Crippen LogP contribution in [0.3, 0.4) is 0 Å². The SMILES string of the molecule is O=C(CN1C(=O)COc2ccc(S(=O)(=O)NC3CCCC3)cc21)NC1CCCc2ccccc21. The Kier molecular flexibility index (Phi) is 6.31. The Balaban J connectivity index is 1.35. The zero-order chi connectivity index (χ0) is 23.7. The first-order chi connectivity index (χ1) is 16.4. The predicted octanol–water partition coefficient (Wildman–Crippen LogP) is 2.83. The van der Waals surface area contributed by atoms with Gasteiger partial charge in [0.1, 0.15) is 12.3 Å². The van der Waals surface area contributed by atoms with Gasteiger partial charge >= 0.3 is 0 Å². The van der Waals surface area contributed by atoms with Gasteiger partial charge in [0, 0.05) is 6.04 Å². The van der Waals surface area contributed by atoms with Crippen LogP contribution in [0.4, 0.5) is 5.69 Å². The summed E-state index contributed by atoms with van der Waals surface area (Å²) in [6.07, 6.45) is 6.47. The molecule has 1 aliphatic heterocycles. The molecule has 8 nitrogen and oxygen atoms in total. The number of ether oxygens (including phenoxy) is 1. The van der Waals surface area contributed by atoms with E-state index in [-0.39, 0.29) is 41.9 Å². The van der Waals surface area contributed by atoms with Gasteiger partial charge in [-0.1, -0.05) is 37.1 Å². The zero-order valence-electron chi connectivity index (χ0n) is 19.0. The van der Waals surface area contributed by atoms with E-state index in [1.807, 2.05) is 18.2 Å². The van der Waals surface area contributed by atoms with Crippen molar-refractivity contribution in [2.24, 2.45) is 0 Å². The third kappa shape index (κ3) is 4.67. The smallest absolute Gasteiger partial charge is 0.265 e. The summed E-state index contributed by atoms with van der Waals surface area (Å²) in [5, 5.41) is 3.06. The molecule has 3 aliphatic rings. The molecule has 1 fully saturated rings. The van der Waals surface area contributed by atoms with Crippen molar-refractivity contribution < 1.29 is 22.7 Å². The molecule has 2 aromatic carbocycles. The number of carbonyl (C=O) groups is 2. The number of hydrogen-bond acceptors (Lipinski definition) is 5. The molecule has 34 heavy (non-hydrogen) atoms. The molecule has 1 heterocycles. The second-order valence-electron chi connectivity index (χ2n) is 9.21. The minimum Gasteiger partial charge on any atom is -0.482 e. The number of aryl methyl sites for hydroxylation is 1. The van der Waals surface area contributed by atoms with Gasteiger partial charge in [-0.25, -0.2) is 13.1 Å². The lowest BCUT2D eigenvalue weighted by molar-refractivity contribution is -0.125. The number of benzene rings is 2. The first kappa shape index (κ1) is 22.9. The van der Waals surface area contributed by atoms with Gasteiger partial charge in [0.15, 0.2) is 6.61 Å². The van der Waals surface area contributed by atoms with Crippen molar-refractivity contribution in [3.8, 4) is 5.75 Å². The molecule has 2 N–H and O–H groups in total.